The number of unbranched alkanes of at least 4 members (excludes halogenated alkanes) is 3. The summed E-state index contributed by atoms with van der Waals surface area (Å²) in [4.78, 5) is 24.0. The zero-order chi connectivity index (χ0) is 21.4. The van der Waals surface area contributed by atoms with E-state index in [0.717, 1.165) is 25.7 Å². The van der Waals surface area contributed by atoms with Crippen LogP contribution in [0.2, 0.25) is 20.1 Å². The molecular weight excluding hydrogens is 454 g/mol. The summed E-state index contributed by atoms with van der Waals surface area (Å²) in [5.41, 5.74) is -1.10. The van der Waals surface area contributed by atoms with Gasteiger partial charge in [0.15, 0.2) is 6.29 Å². The number of carboxylic acids is 1. The normalized spacial score (nSPS) is 13.2. The van der Waals surface area contributed by atoms with Crippen LogP contribution in [0.4, 0.5) is 0 Å². The SMILES string of the molecule is CCCCCCOC(C)OC(C)OC(=O)c1c(Cl)c(Cl)c(Cl)c(Cl)c1C(=O)O. The Hall–Kier alpha value is -0.760. The van der Waals surface area contributed by atoms with Crippen LogP contribution >= 0.6 is 46.4 Å². The van der Waals surface area contributed by atoms with Crippen molar-refractivity contribution >= 4 is 58.3 Å². The molecule has 158 valence electrons. The molecule has 1 aromatic carbocycles. The van der Waals surface area contributed by atoms with Gasteiger partial charge in [-0.05, 0) is 20.3 Å². The second-order valence-corrected chi connectivity index (χ2v) is 7.43. The molecule has 6 nitrogen and oxygen atoms in total. The number of carbonyl (C=O) groups is 2. The van der Waals surface area contributed by atoms with E-state index in [1.165, 1.54) is 6.92 Å². The monoisotopic (exact) mass is 474 g/mol. The Morgan fingerprint density at radius 1 is 0.893 bits per heavy atom. The first-order valence-electron chi connectivity index (χ1n) is 8.69. The molecule has 0 aliphatic rings. The Kier molecular flexibility index (Phi) is 10.9. The van der Waals surface area contributed by atoms with Crippen molar-refractivity contribution in [3.63, 3.8) is 0 Å². The van der Waals surface area contributed by atoms with E-state index in [1.54, 1.807) is 6.92 Å². The predicted molar refractivity (Wildman–Crippen MR) is 109 cm³/mol. The average Bonchev–Trinajstić information content (AvgIpc) is 2.61. The summed E-state index contributed by atoms with van der Waals surface area (Å²) < 4.78 is 16.0. The lowest BCUT2D eigenvalue weighted by atomic mass is 10.1. The Morgan fingerprint density at radius 3 is 2.00 bits per heavy atom. The van der Waals surface area contributed by atoms with Crippen molar-refractivity contribution in [2.75, 3.05) is 6.61 Å². The van der Waals surface area contributed by atoms with Crippen molar-refractivity contribution in [3.05, 3.63) is 31.2 Å². The van der Waals surface area contributed by atoms with Gasteiger partial charge in [-0.3, -0.25) is 0 Å². The molecule has 28 heavy (non-hydrogen) atoms. The first-order chi connectivity index (χ1) is 13.1. The minimum absolute atomic E-state index is 0.248. The molecule has 0 fully saturated rings. The Balaban J connectivity index is 2.81. The van der Waals surface area contributed by atoms with Gasteiger partial charge in [-0.1, -0.05) is 72.6 Å². The number of carbonyl (C=O) groups excluding carboxylic acids is 1. The molecule has 1 rings (SSSR count). The molecule has 1 N–H and O–H groups in total. The molecule has 0 spiro atoms. The molecule has 0 aromatic heterocycles. The first kappa shape index (κ1) is 25.3. The van der Waals surface area contributed by atoms with Crippen LogP contribution in [0.25, 0.3) is 0 Å². The lowest BCUT2D eigenvalue weighted by Gasteiger charge is -2.21. The van der Waals surface area contributed by atoms with Gasteiger partial charge in [0.2, 0.25) is 6.29 Å². The topological polar surface area (TPSA) is 82.1 Å². The molecule has 0 saturated carbocycles. The predicted octanol–water partition coefficient (Wildman–Crippen LogP) is 6.46. The standard InChI is InChI=1S/C18H22Cl4O6/c1-4-5-6-7-8-26-9(2)27-10(3)28-18(25)12-11(17(23)24)13(19)15(21)16(22)14(12)20/h9-10H,4-8H2,1-3H3,(H,23,24). The van der Waals surface area contributed by atoms with Crippen LogP contribution in [0.3, 0.4) is 0 Å². The van der Waals surface area contributed by atoms with E-state index in [9.17, 15) is 14.7 Å². The van der Waals surface area contributed by atoms with E-state index in [2.05, 4.69) is 6.92 Å². The average molecular weight is 476 g/mol. The summed E-state index contributed by atoms with van der Waals surface area (Å²) in [5.74, 6) is -2.57. The fourth-order valence-corrected chi connectivity index (χ4v) is 3.36. The van der Waals surface area contributed by atoms with E-state index in [0.29, 0.717) is 6.61 Å². The van der Waals surface area contributed by atoms with E-state index < -0.39 is 40.7 Å². The summed E-state index contributed by atoms with van der Waals surface area (Å²) in [7, 11) is 0. The van der Waals surface area contributed by atoms with Crippen molar-refractivity contribution in [1.82, 2.24) is 0 Å². The van der Waals surface area contributed by atoms with E-state index in [4.69, 9.17) is 60.6 Å². The number of benzene rings is 1. The molecule has 0 heterocycles. The van der Waals surface area contributed by atoms with Gasteiger partial charge in [0.05, 0.1) is 31.2 Å². The highest BCUT2D eigenvalue weighted by Crippen LogP contribution is 2.41. The zero-order valence-electron chi connectivity index (χ0n) is 15.7. The first-order valence-corrected chi connectivity index (χ1v) is 10.2. The van der Waals surface area contributed by atoms with Crippen LogP contribution in [0.5, 0.6) is 0 Å². The fraction of sp³-hybridized carbons (Fsp3) is 0.556. The number of ether oxygens (including phenoxy) is 3. The smallest absolute Gasteiger partial charge is 0.342 e. The molecule has 2 unspecified atom stereocenters. The van der Waals surface area contributed by atoms with E-state index in [1.807, 2.05) is 0 Å². The third-order valence-corrected chi connectivity index (χ3v) is 5.49. The Labute approximate surface area is 183 Å². The van der Waals surface area contributed by atoms with Crippen LogP contribution in [-0.2, 0) is 14.2 Å². The van der Waals surface area contributed by atoms with E-state index >= 15 is 0 Å². The number of esters is 1. The maximum atomic E-state index is 12.5. The molecule has 0 amide bonds. The second kappa shape index (κ2) is 12.1. The largest absolute Gasteiger partial charge is 0.478 e. The Bertz CT molecular complexity index is 710. The van der Waals surface area contributed by atoms with Crippen molar-refractivity contribution < 1.29 is 28.9 Å². The third kappa shape index (κ3) is 6.94. The third-order valence-electron chi connectivity index (χ3n) is 3.69. The molecule has 0 saturated heterocycles. The number of halogens is 4. The van der Waals surface area contributed by atoms with Crippen LogP contribution in [0.1, 0.15) is 67.2 Å². The summed E-state index contributed by atoms with van der Waals surface area (Å²) in [6.45, 7) is 5.75. The van der Waals surface area contributed by atoms with Crippen LogP contribution in [-0.4, -0.2) is 36.2 Å². The number of carboxylic acid groups (broad SMARTS) is 1. The number of hydrogen-bond acceptors (Lipinski definition) is 5. The van der Waals surface area contributed by atoms with Gasteiger partial charge >= 0.3 is 11.9 Å². The van der Waals surface area contributed by atoms with E-state index in [-0.39, 0.29) is 15.1 Å². The summed E-state index contributed by atoms with van der Waals surface area (Å²) in [6.07, 6.45) is 2.54. The molecule has 1 aromatic rings. The minimum atomic E-state index is -1.50. The summed E-state index contributed by atoms with van der Waals surface area (Å²) in [6, 6.07) is 0. The Morgan fingerprint density at radius 2 is 1.46 bits per heavy atom. The van der Waals surface area contributed by atoms with Crippen LogP contribution in [0.15, 0.2) is 0 Å². The number of hydrogen-bond donors (Lipinski definition) is 1. The molecule has 0 radical (unpaired) electrons. The maximum Gasteiger partial charge on any atom is 0.342 e. The molecule has 10 heteroatoms. The molecular formula is C18H22Cl4O6. The molecule has 0 aliphatic carbocycles. The lowest BCUT2D eigenvalue weighted by molar-refractivity contribution is -0.213. The second-order valence-electron chi connectivity index (χ2n) is 5.92. The number of rotatable bonds is 11. The highest BCUT2D eigenvalue weighted by molar-refractivity contribution is 6.54. The van der Waals surface area contributed by atoms with Gasteiger partial charge in [-0.25, -0.2) is 9.59 Å². The van der Waals surface area contributed by atoms with Crippen molar-refractivity contribution in [2.45, 2.75) is 59.0 Å². The maximum absolute atomic E-state index is 12.5. The quantitative estimate of drug-likeness (QED) is 0.130. The van der Waals surface area contributed by atoms with Gasteiger partial charge in [0.25, 0.3) is 0 Å². The van der Waals surface area contributed by atoms with Crippen molar-refractivity contribution in [1.29, 1.82) is 0 Å². The van der Waals surface area contributed by atoms with Crippen LogP contribution in [0, 0.1) is 0 Å². The van der Waals surface area contributed by atoms with Gasteiger partial charge in [0.1, 0.15) is 0 Å². The highest BCUT2D eigenvalue weighted by Gasteiger charge is 2.30. The molecule has 0 bridgehead atoms. The zero-order valence-corrected chi connectivity index (χ0v) is 18.7. The van der Waals surface area contributed by atoms with Gasteiger partial charge < -0.3 is 19.3 Å². The van der Waals surface area contributed by atoms with Crippen molar-refractivity contribution in [2.24, 2.45) is 0 Å². The fourth-order valence-electron chi connectivity index (χ4n) is 2.35. The van der Waals surface area contributed by atoms with Gasteiger partial charge in [-0.15, -0.1) is 0 Å². The summed E-state index contributed by atoms with van der Waals surface area (Å²) in [5, 5.41) is 8.08. The van der Waals surface area contributed by atoms with Gasteiger partial charge in [-0.2, -0.15) is 0 Å². The highest BCUT2D eigenvalue weighted by atomic mass is 35.5. The molecule has 0 aliphatic heterocycles. The number of aromatic carboxylic acids is 1. The molecule has 2 atom stereocenters. The minimum Gasteiger partial charge on any atom is -0.478 e. The van der Waals surface area contributed by atoms with Crippen molar-refractivity contribution in [3.8, 4) is 0 Å². The summed E-state index contributed by atoms with van der Waals surface area (Å²) >= 11 is 23.7. The lowest BCUT2D eigenvalue weighted by Crippen LogP contribution is -2.26. The van der Waals surface area contributed by atoms with Crippen LogP contribution < -0.4 is 0 Å². The van der Waals surface area contributed by atoms with Gasteiger partial charge in [0, 0.05) is 6.61 Å².